The van der Waals surface area contributed by atoms with Crippen LogP contribution in [0.5, 0.6) is 0 Å². The molecule has 2 aromatic rings. The summed E-state index contributed by atoms with van der Waals surface area (Å²) in [5.41, 5.74) is 7.69. The van der Waals surface area contributed by atoms with Gasteiger partial charge in [0.25, 0.3) is 0 Å². The van der Waals surface area contributed by atoms with Crippen LogP contribution in [-0.4, -0.2) is 15.0 Å². The van der Waals surface area contributed by atoms with Gasteiger partial charge < -0.3 is 5.73 Å². The van der Waals surface area contributed by atoms with E-state index in [2.05, 4.69) is 10.3 Å². The summed E-state index contributed by atoms with van der Waals surface area (Å²) in [6, 6.07) is 9.77. The molecule has 1 unspecified atom stereocenters. The lowest BCUT2D eigenvalue weighted by molar-refractivity contribution is 0.697. The Morgan fingerprint density at radius 1 is 1.29 bits per heavy atom. The maximum atomic E-state index is 5.80. The van der Waals surface area contributed by atoms with Crippen LogP contribution in [0.25, 0.3) is 5.69 Å². The average molecular weight is 188 g/mol. The zero-order valence-electron chi connectivity index (χ0n) is 7.96. The van der Waals surface area contributed by atoms with E-state index in [0.29, 0.717) is 0 Å². The SMILES string of the molecule is CC(N)c1cnnn1-c1ccccc1. The van der Waals surface area contributed by atoms with Gasteiger partial charge in [0.15, 0.2) is 0 Å². The number of hydrogen-bond acceptors (Lipinski definition) is 3. The first kappa shape index (κ1) is 8.90. The van der Waals surface area contributed by atoms with E-state index in [0.717, 1.165) is 11.4 Å². The van der Waals surface area contributed by atoms with Crippen LogP contribution in [0.3, 0.4) is 0 Å². The van der Waals surface area contributed by atoms with Crippen molar-refractivity contribution in [3.05, 3.63) is 42.2 Å². The molecule has 1 aromatic heterocycles. The van der Waals surface area contributed by atoms with E-state index >= 15 is 0 Å². The van der Waals surface area contributed by atoms with Crippen molar-refractivity contribution in [1.29, 1.82) is 0 Å². The first-order valence-electron chi connectivity index (χ1n) is 4.50. The summed E-state index contributed by atoms with van der Waals surface area (Å²) in [5, 5.41) is 7.85. The summed E-state index contributed by atoms with van der Waals surface area (Å²) in [6.07, 6.45) is 1.69. The molecule has 0 amide bonds. The number of nitrogens with two attached hydrogens (primary N) is 1. The van der Waals surface area contributed by atoms with E-state index in [1.807, 2.05) is 37.3 Å². The molecule has 72 valence electrons. The van der Waals surface area contributed by atoms with Crippen molar-refractivity contribution in [2.45, 2.75) is 13.0 Å². The lowest BCUT2D eigenvalue weighted by Crippen LogP contribution is -2.11. The van der Waals surface area contributed by atoms with Crippen LogP contribution in [0.15, 0.2) is 36.5 Å². The normalized spacial score (nSPS) is 12.7. The Hall–Kier alpha value is -1.68. The molecule has 1 heterocycles. The van der Waals surface area contributed by atoms with E-state index in [1.165, 1.54) is 0 Å². The summed E-state index contributed by atoms with van der Waals surface area (Å²) in [5.74, 6) is 0. The predicted molar refractivity (Wildman–Crippen MR) is 54.0 cm³/mol. The van der Waals surface area contributed by atoms with Crippen molar-refractivity contribution >= 4 is 0 Å². The fourth-order valence-electron chi connectivity index (χ4n) is 1.32. The van der Waals surface area contributed by atoms with Crippen molar-refractivity contribution in [2.24, 2.45) is 5.73 Å². The summed E-state index contributed by atoms with van der Waals surface area (Å²) in [7, 11) is 0. The van der Waals surface area contributed by atoms with Crippen LogP contribution >= 0.6 is 0 Å². The fraction of sp³-hybridized carbons (Fsp3) is 0.200. The van der Waals surface area contributed by atoms with Gasteiger partial charge in [0.05, 0.1) is 17.6 Å². The van der Waals surface area contributed by atoms with Crippen LogP contribution in [0.4, 0.5) is 0 Å². The van der Waals surface area contributed by atoms with Gasteiger partial charge in [0, 0.05) is 6.04 Å². The van der Waals surface area contributed by atoms with Crippen LogP contribution in [0.1, 0.15) is 18.7 Å². The van der Waals surface area contributed by atoms with Crippen LogP contribution in [0, 0.1) is 0 Å². The average Bonchev–Trinajstić information content (AvgIpc) is 2.67. The van der Waals surface area contributed by atoms with Crippen molar-refractivity contribution < 1.29 is 0 Å². The maximum Gasteiger partial charge on any atom is 0.0810 e. The van der Waals surface area contributed by atoms with Crippen LogP contribution in [-0.2, 0) is 0 Å². The number of para-hydroxylation sites is 1. The minimum atomic E-state index is -0.0646. The molecule has 4 nitrogen and oxygen atoms in total. The number of rotatable bonds is 2. The van der Waals surface area contributed by atoms with Gasteiger partial charge in [-0.3, -0.25) is 0 Å². The van der Waals surface area contributed by atoms with Gasteiger partial charge in [0.1, 0.15) is 0 Å². The lowest BCUT2D eigenvalue weighted by atomic mass is 10.2. The van der Waals surface area contributed by atoms with Gasteiger partial charge in [0.2, 0.25) is 0 Å². The second-order valence-corrected chi connectivity index (χ2v) is 3.19. The molecule has 1 atom stereocenters. The maximum absolute atomic E-state index is 5.80. The van der Waals surface area contributed by atoms with E-state index in [9.17, 15) is 0 Å². The summed E-state index contributed by atoms with van der Waals surface area (Å²) >= 11 is 0. The monoisotopic (exact) mass is 188 g/mol. The predicted octanol–water partition coefficient (Wildman–Crippen LogP) is 1.29. The topological polar surface area (TPSA) is 56.7 Å². The molecule has 0 radical (unpaired) electrons. The number of benzene rings is 1. The molecule has 0 fully saturated rings. The zero-order chi connectivity index (χ0) is 9.97. The first-order valence-corrected chi connectivity index (χ1v) is 4.50. The Kier molecular flexibility index (Phi) is 2.28. The van der Waals surface area contributed by atoms with Crippen molar-refractivity contribution in [2.75, 3.05) is 0 Å². The van der Waals surface area contributed by atoms with Crippen molar-refractivity contribution in [3.8, 4) is 5.69 Å². The number of hydrogen-bond donors (Lipinski definition) is 1. The summed E-state index contributed by atoms with van der Waals surface area (Å²) in [6.45, 7) is 1.91. The van der Waals surface area contributed by atoms with Crippen molar-refractivity contribution in [3.63, 3.8) is 0 Å². The summed E-state index contributed by atoms with van der Waals surface area (Å²) in [4.78, 5) is 0. The second kappa shape index (κ2) is 3.59. The molecule has 0 aliphatic heterocycles. The molecule has 2 N–H and O–H groups in total. The van der Waals surface area contributed by atoms with Gasteiger partial charge in [-0.25, -0.2) is 4.68 Å². The minimum absolute atomic E-state index is 0.0646. The minimum Gasteiger partial charge on any atom is -0.323 e. The Morgan fingerprint density at radius 2 is 2.00 bits per heavy atom. The molecule has 0 saturated carbocycles. The smallest absolute Gasteiger partial charge is 0.0810 e. The molecule has 0 aliphatic rings. The highest BCUT2D eigenvalue weighted by atomic mass is 15.4. The number of nitrogens with zero attached hydrogens (tertiary/aromatic N) is 3. The molecule has 0 bridgehead atoms. The van der Waals surface area contributed by atoms with E-state index in [4.69, 9.17) is 5.73 Å². The molecule has 1 aromatic carbocycles. The Morgan fingerprint density at radius 3 is 2.64 bits per heavy atom. The third-order valence-corrected chi connectivity index (χ3v) is 2.04. The van der Waals surface area contributed by atoms with E-state index in [-0.39, 0.29) is 6.04 Å². The van der Waals surface area contributed by atoms with Gasteiger partial charge in [-0.05, 0) is 19.1 Å². The molecule has 0 aliphatic carbocycles. The highest BCUT2D eigenvalue weighted by Gasteiger charge is 2.08. The van der Waals surface area contributed by atoms with Gasteiger partial charge in [-0.2, -0.15) is 0 Å². The summed E-state index contributed by atoms with van der Waals surface area (Å²) < 4.78 is 1.75. The Labute approximate surface area is 82.4 Å². The van der Waals surface area contributed by atoms with Gasteiger partial charge in [-0.15, -0.1) is 5.10 Å². The van der Waals surface area contributed by atoms with Gasteiger partial charge in [-0.1, -0.05) is 23.4 Å². The third-order valence-electron chi connectivity index (χ3n) is 2.04. The molecular weight excluding hydrogens is 176 g/mol. The standard InChI is InChI=1S/C10H12N4/c1-8(11)10-7-12-13-14(10)9-5-3-2-4-6-9/h2-8H,11H2,1H3. The fourth-order valence-corrected chi connectivity index (χ4v) is 1.32. The van der Waals surface area contributed by atoms with Crippen molar-refractivity contribution in [1.82, 2.24) is 15.0 Å². The molecule has 4 heteroatoms. The Balaban J connectivity index is 2.47. The Bertz CT molecular complexity index is 405. The van der Waals surface area contributed by atoms with Gasteiger partial charge >= 0.3 is 0 Å². The highest BCUT2D eigenvalue weighted by molar-refractivity contribution is 5.31. The number of aromatic nitrogens is 3. The highest BCUT2D eigenvalue weighted by Crippen LogP contribution is 2.13. The molecular formula is C10H12N4. The first-order chi connectivity index (χ1) is 6.79. The molecule has 2 rings (SSSR count). The lowest BCUT2D eigenvalue weighted by Gasteiger charge is -2.07. The van der Waals surface area contributed by atoms with E-state index in [1.54, 1.807) is 10.9 Å². The van der Waals surface area contributed by atoms with E-state index < -0.39 is 0 Å². The molecule has 0 saturated heterocycles. The second-order valence-electron chi connectivity index (χ2n) is 3.19. The quantitative estimate of drug-likeness (QED) is 0.772. The van der Waals surface area contributed by atoms with Crippen LogP contribution in [0.2, 0.25) is 0 Å². The zero-order valence-corrected chi connectivity index (χ0v) is 7.96. The molecule has 14 heavy (non-hydrogen) atoms. The third kappa shape index (κ3) is 1.52. The molecule has 0 spiro atoms. The van der Waals surface area contributed by atoms with Crippen LogP contribution < -0.4 is 5.73 Å². The largest absolute Gasteiger partial charge is 0.323 e.